The molecule has 0 aromatic heterocycles. The molecule has 1 aliphatic rings. The van der Waals surface area contributed by atoms with Crippen LogP contribution in [-0.2, 0) is 17.3 Å². The number of phenols is 1. The van der Waals surface area contributed by atoms with E-state index in [4.69, 9.17) is 0 Å². The molecule has 1 N–H and O–H groups in total. The van der Waals surface area contributed by atoms with Gasteiger partial charge in [-0.05, 0) is 46.4 Å². The number of rotatable bonds is 0. The molecule has 0 fully saturated rings. The van der Waals surface area contributed by atoms with Gasteiger partial charge in [-0.3, -0.25) is 0 Å². The van der Waals surface area contributed by atoms with Crippen molar-refractivity contribution in [2.45, 2.75) is 65.7 Å². The zero-order chi connectivity index (χ0) is 18.8. The second-order valence-corrected chi connectivity index (χ2v) is 9.01. The average Bonchev–Trinajstić information content (AvgIpc) is 2.96. The predicted molar refractivity (Wildman–Crippen MR) is 109 cm³/mol. The molecular weight excluding hydrogens is 304 g/mol. The Labute approximate surface area is 153 Å². The molecule has 2 aromatic rings. The SMILES string of the molecule is C1=Cc2ccccc2C1.Cc1cc(C(C)(C)C)c(O)c(C(C)(C)C)c1. The Bertz CT molecular complexity index is 732. The smallest absolute Gasteiger partial charge is 0.123 e. The van der Waals surface area contributed by atoms with E-state index in [0.717, 1.165) is 17.5 Å². The molecule has 0 heterocycles. The Morgan fingerprint density at radius 2 is 1.36 bits per heavy atom. The van der Waals surface area contributed by atoms with Crippen LogP contribution in [0.5, 0.6) is 5.75 Å². The van der Waals surface area contributed by atoms with Crippen molar-refractivity contribution >= 4 is 6.08 Å². The van der Waals surface area contributed by atoms with E-state index >= 15 is 0 Å². The summed E-state index contributed by atoms with van der Waals surface area (Å²) in [4.78, 5) is 0. The van der Waals surface area contributed by atoms with Crippen molar-refractivity contribution in [1.29, 1.82) is 0 Å². The molecule has 1 aliphatic carbocycles. The van der Waals surface area contributed by atoms with Gasteiger partial charge in [-0.1, -0.05) is 95.7 Å². The number of aryl methyl sites for hydroxylation is 1. The molecule has 0 aliphatic heterocycles. The largest absolute Gasteiger partial charge is 0.507 e. The number of benzene rings is 2. The number of hydrogen-bond acceptors (Lipinski definition) is 1. The standard InChI is InChI=1S/C15H24O.C9H8/c1-10-8-11(14(2,3)4)13(16)12(9-10)15(5,6)7;1-2-5-9-7-3-6-8(9)4-1/h8-9,16H,1-7H3;1-6H,7H2. The molecule has 0 bridgehead atoms. The molecular formula is C24H32O. The van der Waals surface area contributed by atoms with Gasteiger partial charge < -0.3 is 5.11 Å². The van der Waals surface area contributed by atoms with Crippen molar-refractivity contribution in [3.8, 4) is 5.75 Å². The van der Waals surface area contributed by atoms with Gasteiger partial charge in [0.25, 0.3) is 0 Å². The van der Waals surface area contributed by atoms with Crippen LogP contribution in [0.4, 0.5) is 0 Å². The molecule has 0 atom stereocenters. The normalized spacial score (nSPS) is 13.2. The Morgan fingerprint density at radius 1 is 0.840 bits per heavy atom. The Morgan fingerprint density at radius 3 is 1.84 bits per heavy atom. The lowest BCUT2D eigenvalue weighted by Gasteiger charge is -2.27. The molecule has 25 heavy (non-hydrogen) atoms. The summed E-state index contributed by atoms with van der Waals surface area (Å²) in [6.07, 6.45) is 5.50. The maximum atomic E-state index is 10.4. The summed E-state index contributed by atoms with van der Waals surface area (Å²) >= 11 is 0. The summed E-state index contributed by atoms with van der Waals surface area (Å²) in [5, 5.41) is 10.4. The molecule has 1 heteroatoms. The van der Waals surface area contributed by atoms with Crippen molar-refractivity contribution < 1.29 is 5.11 Å². The number of aromatic hydroxyl groups is 1. The summed E-state index contributed by atoms with van der Waals surface area (Å²) in [5.74, 6) is 0.464. The van der Waals surface area contributed by atoms with Crippen LogP contribution < -0.4 is 0 Å². The first-order chi connectivity index (χ1) is 11.5. The van der Waals surface area contributed by atoms with Crippen LogP contribution in [0, 0.1) is 6.92 Å². The lowest BCUT2D eigenvalue weighted by atomic mass is 9.78. The molecule has 2 aromatic carbocycles. The van der Waals surface area contributed by atoms with Gasteiger partial charge in [-0.25, -0.2) is 0 Å². The molecule has 0 saturated carbocycles. The zero-order valence-electron chi connectivity index (χ0n) is 16.8. The number of phenolic OH excluding ortho intramolecular Hbond substituents is 1. The monoisotopic (exact) mass is 336 g/mol. The second-order valence-electron chi connectivity index (χ2n) is 9.01. The Kier molecular flexibility index (Phi) is 5.46. The Balaban J connectivity index is 0.000000208. The minimum Gasteiger partial charge on any atom is -0.507 e. The number of allylic oxidation sites excluding steroid dienone is 1. The third kappa shape index (κ3) is 4.75. The average molecular weight is 337 g/mol. The van der Waals surface area contributed by atoms with E-state index in [1.54, 1.807) is 0 Å². The first-order valence-electron chi connectivity index (χ1n) is 9.09. The van der Waals surface area contributed by atoms with E-state index in [0.29, 0.717) is 5.75 Å². The second kappa shape index (κ2) is 7.07. The lowest BCUT2D eigenvalue weighted by molar-refractivity contribution is 0.423. The minimum absolute atomic E-state index is 0.0178. The quantitative estimate of drug-likeness (QED) is 0.578. The molecule has 0 spiro atoms. The van der Waals surface area contributed by atoms with Gasteiger partial charge in [0, 0.05) is 0 Å². The van der Waals surface area contributed by atoms with E-state index in [9.17, 15) is 5.11 Å². The fraction of sp³-hybridized carbons (Fsp3) is 0.417. The summed E-state index contributed by atoms with van der Waals surface area (Å²) < 4.78 is 0. The molecule has 0 unspecified atom stereocenters. The number of fused-ring (bicyclic) bond motifs is 1. The number of hydrogen-bond donors (Lipinski definition) is 1. The lowest BCUT2D eigenvalue weighted by Crippen LogP contribution is -2.17. The van der Waals surface area contributed by atoms with Crippen LogP contribution in [0.1, 0.15) is 69.4 Å². The van der Waals surface area contributed by atoms with Crippen LogP contribution in [0.25, 0.3) is 6.08 Å². The maximum Gasteiger partial charge on any atom is 0.123 e. The van der Waals surface area contributed by atoms with Crippen LogP contribution in [0.15, 0.2) is 42.5 Å². The van der Waals surface area contributed by atoms with E-state index < -0.39 is 0 Å². The van der Waals surface area contributed by atoms with Gasteiger partial charge in [0.15, 0.2) is 0 Å². The fourth-order valence-corrected chi connectivity index (χ4v) is 3.12. The van der Waals surface area contributed by atoms with Gasteiger partial charge in [0.1, 0.15) is 5.75 Å². The van der Waals surface area contributed by atoms with Crippen molar-refractivity contribution in [3.63, 3.8) is 0 Å². The topological polar surface area (TPSA) is 20.2 Å². The van der Waals surface area contributed by atoms with Crippen LogP contribution >= 0.6 is 0 Å². The van der Waals surface area contributed by atoms with Crippen molar-refractivity contribution in [3.05, 3.63) is 70.3 Å². The summed E-state index contributed by atoms with van der Waals surface area (Å²) in [7, 11) is 0. The first kappa shape index (κ1) is 19.3. The zero-order valence-corrected chi connectivity index (χ0v) is 16.8. The third-order valence-electron chi connectivity index (χ3n) is 4.56. The van der Waals surface area contributed by atoms with E-state index in [2.05, 4.69) is 97.0 Å². The summed E-state index contributed by atoms with van der Waals surface area (Å²) in [6, 6.07) is 12.7. The molecule has 3 rings (SSSR count). The van der Waals surface area contributed by atoms with Gasteiger partial charge >= 0.3 is 0 Å². The fourth-order valence-electron chi connectivity index (χ4n) is 3.12. The third-order valence-corrected chi connectivity index (χ3v) is 4.56. The predicted octanol–water partition coefficient (Wildman–Crippen LogP) is 6.55. The van der Waals surface area contributed by atoms with Gasteiger partial charge in [-0.15, -0.1) is 0 Å². The molecule has 0 radical (unpaired) electrons. The summed E-state index contributed by atoms with van der Waals surface area (Å²) in [6.45, 7) is 14.9. The van der Waals surface area contributed by atoms with Gasteiger partial charge in [0.05, 0.1) is 0 Å². The van der Waals surface area contributed by atoms with Crippen LogP contribution in [-0.4, -0.2) is 5.11 Å². The Hall–Kier alpha value is -2.02. The molecule has 1 nitrogen and oxygen atoms in total. The van der Waals surface area contributed by atoms with Crippen LogP contribution in [0.2, 0.25) is 0 Å². The van der Waals surface area contributed by atoms with Gasteiger partial charge in [-0.2, -0.15) is 0 Å². The summed E-state index contributed by atoms with van der Waals surface area (Å²) in [5.41, 5.74) is 6.10. The first-order valence-corrected chi connectivity index (χ1v) is 9.09. The highest BCUT2D eigenvalue weighted by Crippen LogP contribution is 2.39. The van der Waals surface area contributed by atoms with Crippen molar-refractivity contribution in [2.24, 2.45) is 0 Å². The molecule has 134 valence electrons. The molecule has 0 amide bonds. The highest BCUT2D eigenvalue weighted by Gasteiger charge is 2.25. The molecule has 0 saturated heterocycles. The van der Waals surface area contributed by atoms with Crippen LogP contribution in [0.3, 0.4) is 0 Å². The van der Waals surface area contributed by atoms with E-state index in [-0.39, 0.29) is 10.8 Å². The maximum absolute atomic E-state index is 10.4. The van der Waals surface area contributed by atoms with E-state index in [1.165, 1.54) is 16.7 Å². The minimum atomic E-state index is -0.0178. The van der Waals surface area contributed by atoms with Gasteiger partial charge in [0.2, 0.25) is 0 Å². The highest BCUT2D eigenvalue weighted by molar-refractivity contribution is 5.59. The van der Waals surface area contributed by atoms with E-state index in [1.807, 2.05) is 0 Å². The van der Waals surface area contributed by atoms with Crippen molar-refractivity contribution in [2.75, 3.05) is 0 Å². The highest BCUT2D eigenvalue weighted by atomic mass is 16.3. The van der Waals surface area contributed by atoms with Crippen molar-refractivity contribution in [1.82, 2.24) is 0 Å².